The fraction of sp³-hybridized carbons (Fsp3) is 0.174. The zero-order valence-electron chi connectivity index (χ0n) is 14.3. The van der Waals surface area contributed by atoms with Gasteiger partial charge in [0.05, 0.1) is 6.61 Å². The van der Waals surface area contributed by atoms with Crippen molar-refractivity contribution >= 4 is 0 Å². The summed E-state index contributed by atoms with van der Waals surface area (Å²) in [6.07, 6.45) is 0.789. The normalized spacial score (nSPS) is 12.2. The van der Waals surface area contributed by atoms with Gasteiger partial charge < -0.3 is 5.11 Å². The first-order chi connectivity index (χ1) is 12.3. The van der Waals surface area contributed by atoms with Crippen LogP contribution in [0.3, 0.4) is 0 Å². The molecule has 1 radical (unpaired) electrons. The number of benzene rings is 3. The lowest BCUT2D eigenvalue weighted by Gasteiger charge is -2.30. The van der Waals surface area contributed by atoms with E-state index in [0.29, 0.717) is 0 Å². The van der Waals surface area contributed by atoms with Gasteiger partial charge in [0.25, 0.3) is 0 Å². The minimum absolute atomic E-state index is 0.0391. The Morgan fingerprint density at radius 2 is 1.04 bits per heavy atom. The standard InChI is InChI=1S/C23H24NO/c25-19-23(16-20-10-4-1-5-11-20)24(17-21-12-6-2-7-13-21)18-22-14-8-3-9-15-22/h1-15,19,23,25H,16-18H2/t23-/m0/s1. The molecule has 127 valence electrons. The van der Waals surface area contributed by atoms with Crippen molar-refractivity contribution < 1.29 is 5.11 Å². The lowest BCUT2D eigenvalue weighted by molar-refractivity contribution is 0.151. The van der Waals surface area contributed by atoms with Crippen LogP contribution in [0.15, 0.2) is 91.0 Å². The molecule has 1 atom stereocenters. The summed E-state index contributed by atoms with van der Waals surface area (Å²) in [6.45, 7) is 2.92. The van der Waals surface area contributed by atoms with Gasteiger partial charge in [-0.25, -0.2) is 0 Å². The Balaban J connectivity index is 1.80. The van der Waals surface area contributed by atoms with Gasteiger partial charge in [0, 0.05) is 19.1 Å². The van der Waals surface area contributed by atoms with E-state index >= 15 is 0 Å². The van der Waals surface area contributed by atoms with E-state index in [0.717, 1.165) is 19.5 Å². The van der Waals surface area contributed by atoms with Gasteiger partial charge in [-0.05, 0) is 23.1 Å². The van der Waals surface area contributed by atoms with Gasteiger partial charge >= 0.3 is 0 Å². The second-order valence-electron chi connectivity index (χ2n) is 6.28. The zero-order chi connectivity index (χ0) is 17.3. The number of aliphatic hydroxyl groups is 1. The first-order valence-electron chi connectivity index (χ1n) is 8.68. The SMILES string of the molecule is O[CH][C@H](Cc1ccccc1)N(Cc1ccccc1)Cc1ccccc1. The van der Waals surface area contributed by atoms with Crippen LogP contribution >= 0.6 is 0 Å². The number of nitrogens with zero attached hydrogens (tertiary/aromatic N) is 1. The third kappa shape index (κ3) is 5.28. The van der Waals surface area contributed by atoms with E-state index in [1.165, 1.54) is 23.3 Å². The minimum atomic E-state index is -0.0391. The predicted molar refractivity (Wildman–Crippen MR) is 102 cm³/mol. The number of hydrogen-bond acceptors (Lipinski definition) is 2. The highest BCUT2D eigenvalue weighted by Crippen LogP contribution is 2.18. The fourth-order valence-corrected chi connectivity index (χ4v) is 3.06. The van der Waals surface area contributed by atoms with Gasteiger partial charge in [0.15, 0.2) is 0 Å². The predicted octanol–water partition coefficient (Wildman–Crippen LogP) is 4.83. The lowest BCUT2D eigenvalue weighted by Crippen LogP contribution is -2.36. The molecule has 0 fully saturated rings. The van der Waals surface area contributed by atoms with Crippen molar-refractivity contribution in [3.63, 3.8) is 0 Å². The van der Waals surface area contributed by atoms with Crippen LogP contribution in [0.4, 0.5) is 0 Å². The van der Waals surface area contributed by atoms with E-state index in [1.807, 2.05) is 30.3 Å². The van der Waals surface area contributed by atoms with Crippen molar-refractivity contribution in [1.82, 2.24) is 4.90 Å². The van der Waals surface area contributed by atoms with Crippen LogP contribution in [0.1, 0.15) is 16.7 Å². The molecule has 0 aliphatic rings. The molecule has 2 heteroatoms. The second kappa shape index (κ2) is 9.16. The Morgan fingerprint density at radius 1 is 0.640 bits per heavy atom. The lowest BCUT2D eigenvalue weighted by atomic mass is 10.0. The molecule has 2 nitrogen and oxygen atoms in total. The highest BCUT2D eigenvalue weighted by atomic mass is 16.3. The quantitative estimate of drug-likeness (QED) is 0.639. The van der Waals surface area contributed by atoms with Crippen molar-refractivity contribution in [2.24, 2.45) is 0 Å². The van der Waals surface area contributed by atoms with Crippen molar-refractivity contribution in [2.75, 3.05) is 0 Å². The summed E-state index contributed by atoms with van der Waals surface area (Å²) >= 11 is 0. The van der Waals surface area contributed by atoms with Crippen molar-refractivity contribution in [3.8, 4) is 0 Å². The molecule has 0 aliphatic heterocycles. The molecule has 3 rings (SSSR count). The van der Waals surface area contributed by atoms with Gasteiger partial charge in [0.1, 0.15) is 0 Å². The summed E-state index contributed by atoms with van der Waals surface area (Å²) in [5.74, 6) is 0. The average molecular weight is 330 g/mol. The van der Waals surface area contributed by atoms with Crippen molar-refractivity contribution in [3.05, 3.63) is 114 Å². The maximum Gasteiger partial charge on any atom is 0.0972 e. The largest absolute Gasteiger partial charge is 0.389 e. The number of rotatable bonds is 8. The first kappa shape index (κ1) is 17.4. The third-order valence-electron chi connectivity index (χ3n) is 4.39. The molecule has 3 aromatic rings. The van der Waals surface area contributed by atoms with Crippen LogP contribution < -0.4 is 0 Å². The number of aliphatic hydroxyl groups excluding tert-OH is 1. The maximum absolute atomic E-state index is 9.95. The van der Waals surface area contributed by atoms with Gasteiger partial charge in [-0.2, -0.15) is 0 Å². The van der Waals surface area contributed by atoms with E-state index in [-0.39, 0.29) is 6.04 Å². The molecule has 0 heterocycles. The molecule has 0 aromatic heterocycles. The van der Waals surface area contributed by atoms with Crippen LogP contribution in [0, 0.1) is 6.61 Å². The molecule has 1 N–H and O–H groups in total. The van der Waals surface area contributed by atoms with Gasteiger partial charge in [0.2, 0.25) is 0 Å². The Morgan fingerprint density at radius 3 is 1.44 bits per heavy atom. The summed E-state index contributed by atoms with van der Waals surface area (Å²) in [6, 6.07) is 31.1. The summed E-state index contributed by atoms with van der Waals surface area (Å²) in [7, 11) is 0. The molecule has 0 unspecified atom stereocenters. The van der Waals surface area contributed by atoms with Crippen LogP contribution in [-0.2, 0) is 19.5 Å². The van der Waals surface area contributed by atoms with Crippen LogP contribution in [0.5, 0.6) is 0 Å². The molecular weight excluding hydrogens is 306 g/mol. The summed E-state index contributed by atoms with van der Waals surface area (Å²) in [4.78, 5) is 2.32. The molecule has 25 heavy (non-hydrogen) atoms. The second-order valence-corrected chi connectivity index (χ2v) is 6.28. The Hall–Kier alpha value is -2.42. The molecule has 0 aliphatic carbocycles. The smallest absolute Gasteiger partial charge is 0.0972 e. The summed E-state index contributed by atoms with van der Waals surface area (Å²) < 4.78 is 0. The van der Waals surface area contributed by atoms with Crippen LogP contribution in [0.25, 0.3) is 0 Å². The number of hydrogen-bond donors (Lipinski definition) is 1. The maximum atomic E-state index is 9.95. The van der Waals surface area contributed by atoms with E-state index in [4.69, 9.17) is 0 Å². The summed E-state index contributed by atoms with van der Waals surface area (Å²) in [5, 5.41) is 9.95. The molecule has 3 aromatic carbocycles. The van der Waals surface area contributed by atoms with Crippen molar-refractivity contribution in [2.45, 2.75) is 25.6 Å². The Kier molecular flexibility index (Phi) is 6.38. The third-order valence-corrected chi connectivity index (χ3v) is 4.39. The Bertz CT molecular complexity index is 686. The monoisotopic (exact) mass is 330 g/mol. The molecule has 0 amide bonds. The van der Waals surface area contributed by atoms with E-state index in [2.05, 4.69) is 65.6 Å². The average Bonchev–Trinajstić information content (AvgIpc) is 2.68. The minimum Gasteiger partial charge on any atom is -0.389 e. The van der Waals surface area contributed by atoms with Gasteiger partial charge in [-0.3, -0.25) is 4.90 Å². The molecule has 0 saturated carbocycles. The fourth-order valence-electron chi connectivity index (χ4n) is 3.06. The highest BCUT2D eigenvalue weighted by molar-refractivity contribution is 5.20. The topological polar surface area (TPSA) is 23.5 Å². The first-order valence-corrected chi connectivity index (χ1v) is 8.68. The molecule has 0 bridgehead atoms. The molecule has 0 saturated heterocycles. The summed E-state index contributed by atoms with van der Waals surface area (Å²) in [5.41, 5.74) is 3.72. The van der Waals surface area contributed by atoms with Gasteiger partial charge in [-0.1, -0.05) is 91.0 Å². The molecule has 0 spiro atoms. The van der Waals surface area contributed by atoms with E-state index in [1.54, 1.807) is 0 Å². The molecular formula is C23H24NO. The van der Waals surface area contributed by atoms with E-state index < -0.39 is 0 Å². The van der Waals surface area contributed by atoms with Crippen LogP contribution in [-0.4, -0.2) is 16.0 Å². The van der Waals surface area contributed by atoms with Crippen molar-refractivity contribution in [1.29, 1.82) is 0 Å². The Labute approximate surface area is 150 Å². The van der Waals surface area contributed by atoms with Crippen LogP contribution in [0.2, 0.25) is 0 Å². The van der Waals surface area contributed by atoms with Gasteiger partial charge in [-0.15, -0.1) is 0 Å². The zero-order valence-corrected chi connectivity index (χ0v) is 14.3. The highest BCUT2D eigenvalue weighted by Gasteiger charge is 2.19. The van der Waals surface area contributed by atoms with E-state index in [9.17, 15) is 5.11 Å².